The molecule has 0 aliphatic carbocycles. The highest BCUT2D eigenvalue weighted by atomic mass is 32.2. The average Bonchev–Trinajstić information content (AvgIpc) is 2.77. The first kappa shape index (κ1) is 24.4. The standard InChI is InChI=1S/C22H28N2O6S/c1-3-5-15-29-22(26)17-6-8-18(9-7-17)24-21(25)16-30-19-10-12-20(13-11-19)31(27,28)23-14-4-2/h6-13,23H,3-5,14-16H2,1-2H3,(H,24,25). The molecule has 0 heterocycles. The van der Waals surface area contributed by atoms with E-state index >= 15 is 0 Å². The number of nitrogens with one attached hydrogen (secondary N) is 2. The maximum Gasteiger partial charge on any atom is 0.338 e. The Kier molecular flexibility index (Phi) is 9.48. The maximum absolute atomic E-state index is 12.1. The fraction of sp³-hybridized carbons (Fsp3) is 0.364. The van der Waals surface area contributed by atoms with E-state index in [0.717, 1.165) is 12.8 Å². The Bertz CT molecular complexity index is 957. The van der Waals surface area contributed by atoms with Crippen molar-refractivity contribution in [2.24, 2.45) is 0 Å². The van der Waals surface area contributed by atoms with Gasteiger partial charge in [0.25, 0.3) is 5.91 Å². The molecule has 0 fully saturated rings. The number of hydrogen-bond acceptors (Lipinski definition) is 6. The van der Waals surface area contributed by atoms with Crippen LogP contribution in [0.4, 0.5) is 5.69 Å². The first-order valence-corrected chi connectivity index (χ1v) is 11.6. The van der Waals surface area contributed by atoms with Crippen molar-refractivity contribution in [1.82, 2.24) is 4.72 Å². The number of carbonyl (C=O) groups is 2. The molecule has 9 heteroatoms. The highest BCUT2D eigenvalue weighted by Gasteiger charge is 2.13. The second kappa shape index (κ2) is 12.1. The van der Waals surface area contributed by atoms with Crippen molar-refractivity contribution in [2.75, 3.05) is 25.1 Å². The van der Waals surface area contributed by atoms with Crippen molar-refractivity contribution in [1.29, 1.82) is 0 Å². The molecule has 1 amide bonds. The summed E-state index contributed by atoms with van der Waals surface area (Å²) in [6.07, 6.45) is 2.45. The number of rotatable bonds is 12. The number of carbonyl (C=O) groups excluding carboxylic acids is 2. The minimum atomic E-state index is -3.55. The first-order chi connectivity index (χ1) is 14.9. The van der Waals surface area contributed by atoms with Gasteiger partial charge in [-0.15, -0.1) is 0 Å². The molecule has 2 aromatic rings. The van der Waals surface area contributed by atoms with Gasteiger partial charge in [0.2, 0.25) is 10.0 Å². The van der Waals surface area contributed by atoms with Crippen molar-refractivity contribution < 1.29 is 27.5 Å². The van der Waals surface area contributed by atoms with E-state index in [4.69, 9.17) is 9.47 Å². The zero-order valence-corrected chi connectivity index (χ0v) is 18.5. The van der Waals surface area contributed by atoms with Crippen LogP contribution in [-0.4, -0.2) is 40.1 Å². The second-order valence-corrected chi connectivity index (χ2v) is 8.54. The van der Waals surface area contributed by atoms with E-state index in [1.165, 1.54) is 24.3 Å². The molecule has 0 aliphatic rings. The van der Waals surface area contributed by atoms with E-state index in [0.29, 0.717) is 36.6 Å². The largest absolute Gasteiger partial charge is 0.484 e. The lowest BCUT2D eigenvalue weighted by Crippen LogP contribution is -2.24. The van der Waals surface area contributed by atoms with E-state index in [2.05, 4.69) is 10.0 Å². The highest BCUT2D eigenvalue weighted by molar-refractivity contribution is 7.89. The molecule has 2 rings (SSSR count). The number of unbranched alkanes of at least 4 members (excludes halogenated alkanes) is 1. The molecule has 0 unspecified atom stereocenters. The van der Waals surface area contributed by atoms with Gasteiger partial charge >= 0.3 is 5.97 Å². The quantitative estimate of drug-likeness (QED) is 0.381. The predicted octanol–water partition coefficient (Wildman–Crippen LogP) is 3.35. The fourth-order valence-electron chi connectivity index (χ4n) is 2.46. The number of anilines is 1. The molecule has 0 aliphatic heterocycles. The predicted molar refractivity (Wildman–Crippen MR) is 118 cm³/mol. The summed E-state index contributed by atoms with van der Waals surface area (Å²) in [5.41, 5.74) is 0.927. The van der Waals surface area contributed by atoms with Gasteiger partial charge in [-0.2, -0.15) is 0 Å². The Morgan fingerprint density at radius 2 is 1.61 bits per heavy atom. The molecule has 0 aromatic heterocycles. The normalized spacial score (nSPS) is 11.0. The van der Waals surface area contributed by atoms with Gasteiger partial charge in [-0.1, -0.05) is 20.3 Å². The Balaban J connectivity index is 1.83. The van der Waals surface area contributed by atoms with Crippen LogP contribution in [0.3, 0.4) is 0 Å². The maximum atomic E-state index is 12.1. The molecule has 0 spiro atoms. The van der Waals surface area contributed by atoms with Gasteiger partial charge in [0, 0.05) is 12.2 Å². The molecule has 0 saturated carbocycles. The highest BCUT2D eigenvalue weighted by Crippen LogP contribution is 2.16. The SMILES string of the molecule is CCCCOC(=O)c1ccc(NC(=O)COc2ccc(S(=O)(=O)NCCC)cc2)cc1. The summed E-state index contributed by atoms with van der Waals surface area (Å²) in [6, 6.07) is 12.2. The van der Waals surface area contributed by atoms with Crippen LogP contribution in [0, 0.1) is 0 Å². The Labute approximate surface area is 183 Å². The van der Waals surface area contributed by atoms with Crippen LogP contribution in [0.1, 0.15) is 43.5 Å². The van der Waals surface area contributed by atoms with Gasteiger partial charge in [0.15, 0.2) is 6.61 Å². The molecule has 168 valence electrons. The van der Waals surface area contributed by atoms with Crippen LogP contribution in [0.5, 0.6) is 5.75 Å². The number of hydrogen-bond donors (Lipinski definition) is 2. The Morgan fingerprint density at radius 1 is 0.935 bits per heavy atom. The number of amides is 1. The van der Waals surface area contributed by atoms with Crippen molar-refractivity contribution in [3.8, 4) is 5.75 Å². The van der Waals surface area contributed by atoms with E-state index in [1.807, 2.05) is 13.8 Å². The van der Waals surface area contributed by atoms with Crippen molar-refractivity contribution in [3.63, 3.8) is 0 Å². The van der Waals surface area contributed by atoms with Crippen molar-refractivity contribution in [3.05, 3.63) is 54.1 Å². The number of sulfonamides is 1. The monoisotopic (exact) mass is 448 g/mol. The zero-order valence-electron chi connectivity index (χ0n) is 17.7. The van der Waals surface area contributed by atoms with E-state index in [1.54, 1.807) is 24.3 Å². The van der Waals surface area contributed by atoms with Gasteiger partial charge in [-0.05, 0) is 61.4 Å². The summed E-state index contributed by atoms with van der Waals surface area (Å²) < 4.78 is 37.1. The van der Waals surface area contributed by atoms with E-state index in [-0.39, 0.29) is 17.4 Å². The smallest absolute Gasteiger partial charge is 0.338 e. The van der Waals surface area contributed by atoms with E-state index in [9.17, 15) is 18.0 Å². The molecule has 0 bridgehead atoms. The van der Waals surface area contributed by atoms with Crippen LogP contribution < -0.4 is 14.8 Å². The molecule has 2 aromatic carbocycles. The lowest BCUT2D eigenvalue weighted by molar-refractivity contribution is -0.118. The topological polar surface area (TPSA) is 111 Å². The summed E-state index contributed by atoms with van der Waals surface area (Å²) in [7, 11) is -3.55. The minimum Gasteiger partial charge on any atom is -0.484 e. The second-order valence-electron chi connectivity index (χ2n) is 6.77. The van der Waals surface area contributed by atoms with Crippen molar-refractivity contribution in [2.45, 2.75) is 38.0 Å². The van der Waals surface area contributed by atoms with Crippen LogP contribution in [0.2, 0.25) is 0 Å². The summed E-state index contributed by atoms with van der Waals surface area (Å²) in [4.78, 5) is 24.1. The molecular weight excluding hydrogens is 420 g/mol. The number of benzene rings is 2. The summed E-state index contributed by atoms with van der Waals surface area (Å²) >= 11 is 0. The number of ether oxygens (including phenoxy) is 2. The molecule has 2 N–H and O–H groups in total. The molecule has 0 radical (unpaired) electrons. The summed E-state index contributed by atoms with van der Waals surface area (Å²) in [5, 5.41) is 2.67. The van der Waals surface area contributed by atoms with Crippen LogP contribution in [0.15, 0.2) is 53.4 Å². The molecule has 8 nitrogen and oxygen atoms in total. The molecular formula is C22H28N2O6S. The minimum absolute atomic E-state index is 0.131. The van der Waals surface area contributed by atoms with E-state index < -0.39 is 16.0 Å². The third-order valence-electron chi connectivity index (χ3n) is 4.18. The third-order valence-corrected chi connectivity index (χ3v) is 5.66. The summed E-state index contributed by atoms with van der Waals surface area (Å²) in [5.74, 6) is -0.417. The van der Waals surface area contributed by atoms with Gasteiger partial charge in [-0.25, -0.2) is 17.9 Å². The van der Waals surface area contributed by atoms with Crippen molar-refractivity contribution >= 4 is 27.6 Å². The lowest BCUT2D eigenvalue weighted by Gasteiger charge is -2.09. The van der Waals surface area contributed by atoms with Crippen LogP contribution in [0.25, 0.3) is 0 Å². The molecule has 31 heavy (non-hydrogen) atoms. The molecule has 0 atom stereocenters. The molecule has 0 saturated heterocycles. The number of esters is 1. The Hall–Kier alpha value is -2.91. The van der Waals surface area contributed by atoms with Crippen LogP contribution in [-0.2, 0) is 19.6 Å². The lowest BCUT2D eigenvalue weighted by atomic mass is 10.2. The fourth-order valence-corrected chi connectivity index (χ4v) is 3.60. The third kappa shape index (κ3) is 8.03. The summed E-state index contributed by atoms with van der Waals surface area (Å²) in [6.45, 7) is 4.39. The van der Waals surface area contributed by atoms with Gasteiger partial charge in [0.05, 0.1) is 17.1 Å². The van der Waals surface area contributed by atoms with Crippen LogP contribution >= 0.6 is 0 Å². The van der Waals surface area contributed by atoms with Gasteiger partial charge in [-0.3, -0.25) is 4.79 Å². The first-order valence-electron chi connectivity index (χ1n) is 10.1. The van der Waals surface area contributed by atoms with Gasteiger partial charge < -0.3 is 14.8 Å². The van der Waals surface area contributed by atoms with Gasteiger partial charge in [0.1, 0.15) is 5.75 Å². The average molecular weight is 449 g/mol. The Morgan fingerprint density at radius 3 is 2.23 bits per heavy atom. The zero-order chi connectivity index (χ0) is 22.7.